The van der Waals surface area contributed by atoms with Crippen LogP contribution < -0.4 is 0 Å². The van der Waals surface area contributed by atoms with Crippen LogP contribution in [-0.2, 0) is 7.05 Å². The molecule has 4 heteroatoms. The molecular weight excluding hydrogens is 154 g/mol. The molecule has 0 radical (unpaired) electrons. The van der Waals surface area contributed by atoms with Gasteiger partial charge in [-0.25, -0.2) is 0 Å². The van der Waals surface area contributed by atoms with Gasteiger partial charge in [0.05, 0.1) is 18.2 Å². The first-order chi connectivity index (χ1) is 5.65. The van der Waals surface area contributed by atoms with Crippen LogP contribution in [0.25, 0.3) is 0 Å². The summed E-state index contributed by atoms with van der Waals surface area (Å²) in [6.07, 6.45) is 1.16. The minimum Gasteiger partial charge on any atom is -0.386 e. The molecule has 12 heavy (non-hydrogen) atoms. The van der Waals surface area contributed by atoms with Crippen LogP contribution in [0.15, 0.2) is 6.20 Å². The van der Waals surface area contributed by atoms with E-state index in [0.29, 0.717) is 5.69 Å². The van der Waals surface area contributed by atoms with Gasteiger partial charge < -0.3 is 5.11 Å². The fourth-order valence-electron chi connectivity index (χ4n) is 1.14. The third-order valence-electron chi connectivity index (χ3n) is 1.65. The molecule has 1 atom stereocenters. The normalized spacial score (nSPS) is 12.5. The zero-order valence-electron chi connectivity index (χ0n) is 7.15. The zero-order chi connectivity index (χ0) is 9.14. The molecule has 0 saturated heterocycles. The van der Waals surface area contributed by atoms with Crippen molar-refractivity contribution >= 4 is 0 Å². The highest BCUT2D eigenvalue weighted by Gasteiger charge is 2.13. The van der Waals surface area contributed by atoms with Crippen molar-refractivity contribution in [3.05, 3.63) is 17.5 Å². The van der Waals surface area contributed by atoms with Crippen molar-refractivity contribution < 1.29 is 5.11 Å². The largest absolute Gasteiger partial charge is 0.386 e. The van der Waals surface area contributed by atoms with Crippen molar-refractivity contribution in [1.82, 2.24) is 9.78 Å². The lowest BCUT2D eigenvalue weighted by molar-refractivity contribution is 0.177. The summed E-state index contributed by atoms with van der Waals surface area (Å²) in [6, 6.07) is 1.90. The van der Waals surface area contributed by atoms with E-state index in [1.54, 1.807) is 11.7 Å². The van der Waals surface area contributed by atoms with Crippen LogP contribution in [0.5, 0.6) is 0 Å². The molecule has 1 N–H and O–H groups in total. The van der Waals surface area contributed by atoms with Gasteiger partial charge in [0.2, 0.25) is 0 Å². The Hall–Kier alpha value is -1.34. The van der Waals surface area contributed by atoms with Crippen LogP contribution >= 0.6 is 0 Å². The Bertz CT molecular complexity index is 311. The summed E-state index contributed by atoms with van der Waals surface area (Å²) >= 11 is 0. The van der Waals surface area contributed by atoms with Gasteiger partial charge in [-0.05, 0) is 12.5 Å². The van der Waals surface area contributed by atoms with E-state index in [1.165, 1.54) is 0 Å². The first-order valence-corrected chi connectivity index (χ1v) is 3.70. The second kappa shape index (κ2) is 3.37. The summed E-state index contributed by atoms with van der Waals surface area (Å²) in [5, 5.41) is 21.8. The molecule has 0 saturated carbocycles. The lowest BCUT2D eigenvalue weighted by Gasteiger charge is -2.02. The minimum absolute atomic E-state index is 0.0951. The summed E-state index contributed by atoms with van der Waals surface area (Å²) in [5.41, 5.74) is 1.51. The Balaban J connectivity index is 2.88. The summed E-state index contributed by atoms with van der Waals surface area (Å²) in [7, 11) is 1.79. The molecule has 0 aliphatic carbocycles. The van der Waals surface area contributed by atoms with E-state index in [0.717, 1.165) is 5.56 Å². The SMILES string of the molecule is Cc1cn(C)nc1C(O)CC#N. The maximum Gasteiger partial charge on any atom is 0.111 e. The molecule has 0 aliphatic heterocycles. The Morgan fingerprint density at radius 1 is 1.83 bits per heavy atom. The Morgan fingerprint density at radius 3 is 2.92 bits per heavy atom. The number of aliphatic hydroxyl groups is 1. The van der Waals surface area contributed by atoms with Gasteiger partial charge in [0, 0.05) is 13.2 Å². The van der Waals surface area contributed by atoms with Crippen molar-refractivity contribution in [2.45, 2.75) is 19.4 Å². The van der Waals surface area contributed by atoms with Gasteiger partial charge in [0.15, 0.2) is 0 Å². The predicted molar refractivity (Wildman–Crippen MR) is 43.1 cm³/mol. The zero-order valence-corrected chi connectivity index (χ0v) is 7.15. The van der Waals surface area contributed by atoms with Crippen LogP contribution in [0.4, 0.5) is 0 Å². The molecule has 0 fully saturated rings. The van der Waals surface area contributed by atoms with Gasteiger partial charge in [-0.2, -0.15) is 10.4 Å². The molecule has 4 nitrogen and oxygen atoms in total. The molecule has 1 rings (SSSR count). The third kappa shape index (κ3) is 1.63. The number of nitrogens with zero attached hydrogens (tertiary/aromatic N) is 3. The van der Waals surface area contributed by atoms with Gasteiger partial charge in [-0.3, -0.25) is 4.68 Å². The van der Waals surface area contributed by atoms with E-state index in [1.807, 2.05) is 19.2 Å². The number of aliphatic hydroxyl groups excluding tert-OH is 1. The first-order valence-electron chi connectivity index (χ1n) is 3.70. The average molecular weight is 165 g/mol. The van der Waals surface area contributed by atoms with Crippen LogP contribution in [-0.4, -0.2) is 14.9 Å². The molecular formula is C8H11N3O. The smallest absolute Gasteiger partial charge is 0.111 e. The molecule has 1 aromatic heterocycles. The first kappa shape index (κ1) is 8.75. The number of rotatable bonds is 2. The average Bonchev–Trinajstić information content (AvgIpc) is 2.30. The van der Waals surface area contributed by atoms with E-state index < -0.39 is 6.10 Å². The number of hydrogen-bond acceptors (Lipinski definition) is 3. The molecule has 1 aromatic rings. The van der Waals surface area contributed by atoms with Crippen molar-refractivity contribution in [2.75, 3.05) is 0 Å². The molecule has 0 bridgehead atoms. The van der Waals surface area contributed by atoms with Gasteiger partial charge in [0.1, 0.15) is 6.10 Å². The van der Waals surface area contributed by atoms with Crippen LogP contribution in [0.3, 0.4) is 0 Å². The monoisotopic (exact) mass is 165 g/mol. The summed E-state index contributed by atoms with van der Waals surface area (Å²) in [6.45, 7) is 1.86. The topological polar surface area (TPSA) is 61.8 Å². The van der Waals surface area contributed by atoms with Crippen LogP contribution in [0.1, 0.15) is 23.8 Å². The fourth-order valence-corrected chi connectivity index (χ4v) is 1.14. The number of aryl methyl sites for hydroxylation is 2. The van der Waals surface area contributed by atoms with Crippen molar-refractivity contribution in [3.63, 3.8) is 0 Å². The Labute approximate surface area is 71.1 Å². The fraction of sp³-hybridized carbons (Fsp3) is 0.500. The summed E-state index contributed by atoms with van der Waals surface area (Å²) < 4.78 is 1.63. The van der Waals surface area contributed by atoms with Gasteiger partial charge in [-0.15, -0.1) is 0 Å². The van der Waals surface area contributed by atoms with Crippen molar-refractivity contribution in [2.24, 2.45) is 7.05 Å². The molecule has 0 amide bonds. The van der Waals surface area contributed by atoms with E-state index >= 15 is 0 Å². The predicted octanol–water partition coefficient (Wildman–Crippen LogP) is 0.676. The van der Waals surface area contributed by atoms with Gasteiger partial charge in [-0.1, -0.05) is 0 Å². The molecule has 64 valence electrons. The van der Waals surface area contributed by atoms with Gasteiger partial charge in [0.25, 0.3) is 0 Å². The minimum atomic E-state index is -0.754. The lowest BCUT2D eigenvalue weighted by atomic mass is 10.1. The summed E-state index contributed by atoms with van der Waals surface area (Å²) in [5.74, 6) is 0. The van der Waals surface area contributed by atoms with E-state index in [4.69, 9.17) is 5.26 Å². The Morgan fingerprint density at radius 2 is 2.50 bits per heavy atom. The standard InChI is InChI=1S/C8H11N3O/c1-6-5-11(2)10-8(6)7(12)3-4-9/h5,7,12H,3H2,1-2H3. The molecule has 0 aromatic carbocycles. The van der Waals surface area contributed by atoms with Crippen LogP contribution in [0.2, 0.25) is 0 Å². The highest BCUT2D eigenvalue weighted by atomic mass is 16.3. The second-order valence-electron chi connectivity index (χ2n) is 2.75. The lowest BCUT2D eigenvalue weighted by Crippen LogP contribution is -1.99. The second-order valence-corrected chi connectivity index (χ2v) is 2.75. The number of nitriles is 1. The van der Waals surface area contributed by atoms with E-state index in [2.05, 4.69) is 5.10 Å². The van der Waals surface area contributed by atoms with Crippen LogP contribution in [0, 0.1) is 18.3 Å². The third-order valence-corrected chi connectivity index (χ3v) is 1.65. The maximum absolute atomic E-state index is 9.42. The summed E-state index contributed by atoms with van der Waals surface area (Å²) in [4.78, 5) is 0. The number of hydrogen-bond donors (Lipinski definition) is 1. The Kier molecular flexibility index (Phi) is 2.46. The van der Waals surface area contributed by atoms with Crippen molar-refractivity contribution in [1.29, 1.82) is 5.26 Å². The maximum atomic E-state index is 9.42. The molecule has 1 heterocycles. The van der Waals surface area contributed by atoms with E-state index in [-0.39, 0.29) is 6.42 Å². The molecule has 0 spiro atoms. The highest BCUT2D eigenvalue weighted by Crippen LogP contribution is 2.17. The molecule has 0 aliphatic rings. The molecule has 1 unspecified atom stereocenters. The number of aromatic nitrogens is 2. The van der Waals surface area contributed by atoms with Crippen molar-refractivity contribution in [3.8, 4) is 6.07 Å². The van der Waals surface area contributed by atoms with E-state index in [9.17, 15) is 5.11 Å². The van der Waals surface area contributed by atoms with Gasteiger partial charge >= 0.3 is 0 Å². The quantitative estimate of drug-likeness (QED) is 0.700. The highest BCUT2D eigenvalue weighted by molar-refractivity contribution is 5.17.